The largest absolute Gasteiger partial charge is 0.465 e. The van der Waals surface area contributed by atoms with Gasteiger partial charge in [-0.15, -0.1) is 0 Å². The van der Waals surface area contributed by atoms with Crippen molar-refractivity contribution in [3.05, 3.63) is 24.3 Å². The lowest BCUT2D eigenvalue weighted by molar-refractivity contribution is -0.174. The van der Waals surface area contributed by atoms with Gasteiger partial charge in [0.15, 0.2) is 5.92 Å². The highest BCUT2D eigenvalue weighted by atomic mass is 16.6. The number of nitrogens with zero attached hydrogens (tertiary/aromatic N) is 2. The zero-order chi connectivity index (χ0) is 15.2. The van der Waals surface area contributed by atoms with Crippen molar-refractivity contribution < 1.29 is 24.2 Å². The van der Waals surface area contributed by atoms with Crippen molar-refractivity contribution in [1.29, 1.82) is 0 Å². The van der Waals surface area contributed by atoms with Crippen LogP contribution in [0.15, 0.2) is 18.6 Å². The average molecular weight is 282 g/mol. The summed E-state index contributed by atoms with van der Waals surface area (Å²) in [4.78, 5) is 31.6. The molecule has 0 radical (unpaired) electrons. The summed E-state index contributed by atoms with van der Waals surface area (Å²) in [6, 6.07) is 0. The molecule has 0 saturated heterocycles. The van der Waals surface area contributed by atoms with Gasteiger partial charge in [-0.1, -0.05) is 0 Å². The number of hydrogen-bond acceptors (Lipinski definition) is 7. The monoisotopic (exact) mass is 282 g/mol. The molecule has 7 nitrogen and oxygen atoms in total. The van der Waals surface area contributed by atoms with Crippen molar-refractivity contribution in [2.75, 3.05) is 13.2 Å². The zero-order valence-corrected chi connectivity index (χ0v) is 11.7. The highest BCUT2D eigenvalue weighted by Crippen LogP contribution is 2.29. The summed E-state index contributed by atoms with van der Waals surface area (Å²) in [6.07, 6.45) is 4.06. The first-order chi connectivity index (χ1) is 9.45. The molecule has 0 aromatic carbocycles. The minimum atomic E-state index is -1.87. The maximum absolute atomic E-state index is 11.9. The highest BCUT2D eigenvalue weighted by molar-refractivity contribution is 5.96. The van der Waals surface area contributed by atoms with Crippen molar-refractivity contribution in [2.24, 2.45) is 5.92 Å². The molecule has 1 aromatic heterocycles. The lowest BCUT2D eigenvalue weighted by Gasteiger charge is -2.28. The number of aromatic nitrogens is 2. The van der Waals surface area contributed by atoms with E-state index in [2.05, 4.69) is 9.97 Å². The molecule has 20 heavy (non-hydrogen) atoms. The number of carbonyl (C=O) groups is 2. The zero-order valence-electron chi connectivity index (χ0n) is 11.7. The molecular weight excluding hydrogens is 264 g/mol. The third-order valence-corrected chi connectivity index (χ3v) is 2.69. The molecule has 0 aliphatic rings. The Morgan fingerprint density at radius 3 is 2.20 bits per heavy atom. The van der Waals surface area contributed by atoms with Gasteiger partial charge in [0.1, 0.15) is 5.60 Å². The molecule has 0 amide bonds. The van der Waals surface area contributed by atoms with Crippen molar-refractivity contribution in [1.82, 2.24) is 9.97 Å². The molecule has 0 aliphatic heterocycles. The number of esters is 2. The Morgan fingerprint density at radius 1 is 1.25 bits per heavy atom. The van der Waals surface area contributed by atoms with E-state index >= 15 is 0 Å². The van der Waals surface area contributed by atoms with Crippen LogP contribution in [0.25, 0.3) is 0 Å². The van der Waals surface area contributed by atoms with Crippen LogP contribution in [-0.2, 0) is 24.7 Å². The summed E-state index contributed by atoms with van der Waals surface area (Å²) in [5.41, 5.74) is -1.78. The van der Waals surface area contributed by atoms with Crippen LogP contribution in [-0.4, -0.2) is 40.2 Å². The highest BCUT2D eigenvalue weighted by Gasteiger charge is 2.47. The minimum Gasteiger partial charge on any atom is -0.465 e. The summed E-state index contributed by atoms with van der Waals surface area (Å²) in [7, 11) is 0. The molecule has 0 fully saturated rings. The van der Waals surface area contributed by atoms with Gasteiger partial charge in [0.25, 0.3) is 0 Å². The van der Waals surface area contributed by atoms with E-state index in [9.17, 15) is 14.7 Å². The van der Waals surface area contributed by atoms with Gasteiger partial charge in [-0.2, -0.15) is 0 Å². The van der Waals surface area contributed by atoms with Crippen molar-refractivity contribution >= 4 is 11.9 Å². The number of rotatable bonds is 6. The van der Waals surface area contributed by atoms with E-state index < -0.39 is 23.5 Å². The molecule has 0 aliphatic carbocycles. The van der Waals surface area contributed by atoms with Crippen LogP contribution in [0.4, 0.5) is 0 Å². The van der Waals surface area contributed by atoms with Crippen molar-refractivity contribution in [3.8, 4) is 0 Å². The first-order valence-corrected chi connectivity index (χ1v) is 6.27. The summed E-state index contributed by atoms with van der Waals surface area (Å²) in [5, 5.41) is 10.5. The Labute approximate surface area is 116 Å². The summed E-state index contributed by atoms with van der Waals surface area (Å²) in [6.45, 7) is 4.69. The summed E-state index contributed by atoms with van der Waals surface area (Å²) >= 11 is 0. The lowest BCUT2D eigenvalue weighted by Crippen LogP contribution is -2.44. The van der Waals surface area contributed by atoms with Crippen LogP contribution in [0.5, 0.6) is 0 Å². The van der Waals surface area contributed by atoms with E-state index in [0.717, 1.165) is 0 Å². The number of ether oxygens (including phenoxy) is 2. The summed E-state index contributed by atoms with van der Waals surface area (Å²) < 4.78 is 9.66. The fourth-order valence-corrected chi connectivity index (χ4v) is 1.71. The van der Waals surface area contributed by atoms with Gasteiger partial charge in [0.2, 0.25) is 0 Å². The van der Waals surface area contributed by atoms with Gasteiger partial charge in [-0.25, -0.2) is 0 Å². The fourth-order valence-electron chi connectivity index (χ4n) is 1.71. The average Bonchev–Trinajstić information content (AvgIpc) is 2.40. The first kappa shape index (κ1) is 16.0. The van der Waals surface area contributed by atoms with E-state index in [1.165, 1.54) is 25.5 Å². The first-order valence-electron chi connectivity index (χ1n) is 6.27. The second kappa shape index (κ2) is 6.95. The van der Waals surface area contributed by atoms with Gasteiger partial charge in [-0.05, 0) is 20.8 Å². The van der Waals surface area contributed by atoms with Crippen molar-refractivity contribution in [2.45, 2.75) is 26.4 Å². The number of hydrogen-bond donors (Lipinski definition) is 1. The van der Waals surface area contributed by atoms with E-state index in [1.54, 1.807) is 13.8 Å². The van der Waals surface area contributed by atoms with Crippen LogP contribution in [0.3, 0.4) is 0 Å². The molecule has 110 valence electrons. The Kier molecular flexibility index (Phi) is 5.57. The van der Waals surface area contributed by atoms with Crippen LogP contribution in [0.2, 0.25) is 0 Å². The predicted molar refractivity (Wildman–Crippen MR) is 68.4 cm³/mol. The molecule has 1 unspecified atom stereocenters. The molecule has 0 spiro atoms. The molecule has 1 N–H and O–H groups in total. The third-order valence-electron chi connectivity index (χ3n) is 2.69. The smallest absolute Gasteiger partial charge is 0.323 e. The molecule has 7 heteroatoms. The Hall–Kier alpha value is -2.02. The SMILES string of the molecule is CCOC(=O)C(C(=O)OCC)C(C)(O)c1cnccn1. The van der Waals surface area contributed by atoms with Crippen LogP contribution >= 0.6 is 0 Å². The van der Waals surface area contributed by atoms with E-state index in [4.69, 9.17) is 9.47 Å². The molecule has 0 bridgehead atoms. The molecular formula is C13H18N2O5. The van der Waals surface area contributed by atoms with Crippen LogP contribution in [0, 0.1) is 5.92 Å². The van der Waals surface area contributed by atoms with Crippen LogP contribution < -0.4 is 0 Å². The van der Waals surface area contributed by atoms with Gasteiger partial charge in [0, 0.05) is 12.4 Å². The Bertz CT molecular complexity index is 443. The topological polar surface area (TPSA) is 98.6 Å². The Morgan fingerprint density at radius 2 is 1.80 bits per heavy atom. The predicted octanol–water partition coefficient (Wildman–Crippen LogP) is 0.426. The normalized spacial score (nSPS) is 13.7. The second-order valence-electron chi connectivity index (χ2n) is 4.18. The molecule has 0 saturated carbocycles. The van der Waals surface area contributed by atoms with Gasteiger partial charge in [0.05, 0.1) is 25.1 Å². The summed E-state index contributed by atoms with van der Waals surface area (Å²) in [5.74, 6) is -3.23. The van der Waals surface area contributed by atoms with E-state index in [0.29, 0.717) is 0 Å². The fraction of sp³-hybridized carbons (Fsp3) is 0.538. The van der Waals surface area contributed by atoms with Crippen molar-refractivity contribution in [3.63, 3.8) is 0 Å². The van der Waals surface area contributed by atoms with Crippen LogP contribution in [0.1, 0.15) is 26.5 Å². The van der Waals surface area contributed by atoms with E-state index in [1.807, 2.05) is 0 Å². The maximum Gasteiger partial charge on any atom is 0.323 e. The molecule has 1 rings (SSSR count). The third kappa shape index (κ3) is 3.51. The standard InChI is InChI=1S/C13H18N2O5/c1-4-19-11(16)10(12(17)20-5-2)13(3,18)9-8-14-6-7-15-9/h6-8,10,18H,4-5H2,1-3H3. The minimum absolute atomic E-state index is 0.0886. The quantitative estimate of drug-likeness (QED) is 0.596. The number of aliphatic hydroxyl groups is 1. The second-order valence-corrected chi connectivity index (χ2v) is 4.18. The number of carbonyl (C=O) groups excluding carboxylic acids is 2. The molecule has 1 atom stereocenters. The lowest BCUT2D eigenvalue weighted by atomic mass is 9.86. The van der Waals surface area contributed by atoms with Gasteiger partial charge in [-0.3, -0.25) is 19.6 Å². The van der Waals surface area contributed by atoms with Gasteiger partial charge < -0.3 is 14.6 Å². The molecule has 1 aromatic rings. The molecule has 1 heterocycles. The van der Waals surface area contributed by atoms with E-state index in [-0.39, 0.29) is 18.9 Å². The Balaban J connectivity index is 3.14. The maximum atomic E-state index is 11.9. The van der Waals surface area contributed by atoms with Gasteiger partial charge >= 0.3 is 11.9 Å².